The standard InChI is InChI=1S/C54H68N5O11/c1-9-33-25-34-28-53(49(63)68-7,44-36(35-15-11-12-16-39(35)55-44)18-24-59(29-33,30-34)31-43(61)58-22-13-17-40(58)45(62)67-6)38-26-37-41(27-42(38)66-5)56(4)47-52(37)20-23-57-21-14-19-51(10-2,46(52)57)48(70-32(3)60)54(47,65)50(64)69-8/h11-12,14-16,19,25-27,34,40,46-48,55,65H,9-10,13,17-18,20-24,28-31H2,1-8H3/q+1/t34-,40+,46+,47-,48-,51-,52-,53+,54+,59?/m1/s1. The lowest BCUT2D eigenvalue weighted by molar-refractivity contribution is -0.921. The molecule has 2 N–H and O–H groups in total. The summed E-state index contributed by atoms with van der Waals surface area (Å²) in [5, 5.41) is 14.4. The number of methoxy groups -OCH3 is 4. The molecule has 6 aliphatic heterocycles. The highest BCUT2D eigenvalue weighted by Crippen LogP contribution is 2.68. The monoisotopic (exact) mass is 962 g/mol. The van der Waals surface area contributed by atoms with E-state index in [1.165, 1.54) is 33.8 Å². The van der Waals surface area contributed by atoms with E-state index in [0.29, 0.717) is 92.1 Å². The van der Waals surface area contributed by atoms with Crippen molar-refractivity contribution >= 4 is 46.4 Å². The molecule has 3 fully saturated rings. The summed E-state index contributed by atoms with van der Waals surface area (Å²) in [6.45, 7) is 9.16. The first-order chi connectivity index (χ1) is 33.6. The third-order valence-electron chi connectivity index (χ3n) is 18.0. The summed E-state index contributed by atoms with van der Waals surface area (Å²) in [5.41, 5.74) is -0.0517. The van der Waals surface area contributed by atoms with Crippen molar-refractivity contribution in [3.8, 4) is 5.75 Å². The molecule has 16 heteroatoms. The van der Waals surface area contributed by atoms with Crippen LogP contribution in [0.3, 0.4) is 0 Å². The molecule has 3 aromatic rings. The fraction of sp³-hybridized carbons (Fsp3) is 0.574. The molecule has 1 amide bonds. The summed E-state index contributed by atoms with van der Waals surface area (Å²) in [6.07, 6.45) is 8.86. The Balaban J connectivity index is 1.21. The number of amides is 1. The van der Waals surface area contributed by atoms with Crippen LogP contribution in [0.4, 0.5) is 5.69 Å². The Bertz CT molecular complexity index is 2730. The number of benzene rings is 2. The van der Waals surface area contributed by atoms with E-state index in [4.69, 9.17) is 23.7 Å². The van der Waals surface area contributed by atoms with Gasteiger partial charge in [-0.15, -0.1) is 0 Å². The minimum Gasteiger partial charge on any atom is -0.496 e. The largest absolute Gasteiger partial charge is 0.496 e. The summed E-state index contributed by atoms with van der Waals surface area (Å²) in [7, 11) is 7.49. The van der Waals surface area contributed by atoms with Crippen molar-refractivity contribution in [1.29, 1.82) is 0 Å². The lowest BCUT2D eigenvalue weighted by atomic mass is 9.47. The highest BCUT2D eigenvalue weighted by molar-refractivity contribution is 5.95. The molecular formula is C54H68N5O11+. The number of nitrogens with one attached hydrogen (secondary N) is 1. The zero-order valence-electron chi connectivity index (χ0n) is 41.8. The number of esters is 4. The molecule has 1 aromatic heterocycles. The van der Waals surface area contributed by atoms with E-state index in [1.54, 1.807) is 12.0 Å². The van der Waals surface area contributed by atoms with Gasteiger partial charge in [0.15, 0.2) is 12.6 Å². The first-order valence-corrected chi connectivity index (χ1v) is 25.0. The van der Waals surface area contributed by atoms with Gasteiger partial charge in [0.1, 0.15) is 23.8 Å². The number of para-hydroxylation sites is 1. The van der Waals surface area contributed by atoms with Crippen molar-refractivity contribution in [3.05, 3.63) is 82.6 Å². The van der Waals surface area contributed by atoms with Crippen LogP contribution in [0.15, 0.2) is 60.2 Å². The van der Waals surface area contributed by atoms with E-state index in [2.05, 4.69) is 35.0 Å². The molecule has 10 rings (SSSR count). The fourth-order valence-corrected chi connectivity index (χ4v) is 15.4. The number of anilines is 1. The molecule has 2 bridgehead atoms. The van der Waals surface area contributed by atoms with Crippen LogP contribution in [0.25, 0.3) is 10.9 Å². The maximum absolute atomic E-state index is 15.7. The molecule has 1 spiro atoms. The quantitative estimate of drug-likeness (QED) is 0.126. The lowest BCUT2D eigenvalue weighted by Gasteiger charge is -2.63. The van der Waals surface area contributed by atoms with Crippen LogP contribution in [0.2, 0.25) is 0 Å². The van der Waals surface area contributed by atoms with Gasteiger partial charge in [0.25, 0.3) is 5.91 Å². The summed E-state index contributed by atoms with van der Waals surface area (Å²) < 4.78 is 29.9. The average molecular weight is 963 g/mol. The molecule has 1 saturated carbocycles. The molecular weight excluding hydrogens is 895 g/mol. The highest BCUT2D eigenvalue weighted by Gasteiger charge is 2.80. The Labute approximate surface area is 409 Å². The highest BCUT2D eigenvalue weighted by atomic mass is 16.6. The second-order valence-corrected chi connectivity index (χ2v) is 21.1. The van der Waals surface area contributed by atoms with E-state index >= 15 is 4.79 Å². The van der Waals surface area contributed by atoms with Crippen molar-refractivity contribution < 1.29 is 57.2 Å². The summed E-state index contributed by atoms with van der Waals surface area (Å²) in [5.74, 6) is -2.30. The Hall–Kier alpha value is -5.71. The number of carbonyl (C=O) groups is 5. The van der Waals surface area contributed by atoms with Crippen molar-refractivity contribution in [1.82, 2.24) is 14.8 Å². The third-order valence-corrected chi connectivity index (χ3v) is 18.0. The normalized spacial score (nSPS) is 34.0. The topological polar surface area (TPSA) is 177 Å². The number of H-pyrrole nitrogens is 1. The van der Waals surface area contributed by atoms with Crippen LogP contribution in [0.1, 0.15) is 81.7 Å². The number of fused-ring (bicyclic) bond motifs is 6. The first kappa shape index (κ1) is 47.9. The number of quaternary nitrogens is 1. The number of likely N-dealkylation sites (tertiary alicyclic amines) is 1. The fourth-order valence-electron chi connectivity index (χ4n) is 15.4. The lowest BCUT2D eigenvalue weighted by Crippen LogP contribution is -2.81. The SMILES string of the molecule is CCC1=C[C@@H]2C[C@](C(=O)OC)(c3cc4c(cc3OC)N(C)[C@H]3[C@@](O)(C(=O)OC)[C@H](OC(C)=O)[C@]5(CC)C=CCN6CC[C@]43[C@@H]65)c3[nH]c4ccccc4c3CC[N+](CC(=O)N3CCC[C@H]3C(=O)OC)(C1)C2. The van der Waals surface area contributed by atoms with Crippen molar-refractivity contribution in [2.45, 2.75) is 106 Å². The Kier molecular flexibility index (Phi) is 11.8. The van der Waals surface area contributed by atoms with Crippen molar-refractivity contribution in [2.75, 3.05) is 86.2 Å². The van der Waals surface area contributed by atoms with Crippen LogP contribution < -0.4 is 9.64 Å². The van der Waals surface area contributed by atoms with Crippen molar-refractivity contribution in [2.24, 2.45) is 11.3 Å². The van der Waals surface area contributed by atoms with Gasteiger partial charge in [0.05, 0.1) is 47.6 Å². The van der Waals surface area contributed by atoms with E-state index in [0.717, 1.165) is 34.9 Å². The van der Waals surface area contributed by atoms with Gasteiger partial charge in [-0.1, -0.05) is 50.3 Å². The maximum atomic E-state index is 15.7. The summed E-state index contributed by atoms with van der Waals surface area (Å²) in [6, 6.07) is 10.2. The second kappa shape index (κ2) is 17.3. The van der Waals surface area contributed by atoms with Gasteiger partial charge < -0.3 is 48.1 Å². The number of aromatic amines is 1. The summed E-state index contributed by atoms with van der Waals surface area (Å²) >= 11 is 0. The molecule has 0 radical (unpaired) electrons. The van der Waals surface area contributed by atoms with Crippen LogP contribution in [0, 0.1) is 11.3 Å². The van der Waals surface area contributed by atoms with Crippen LogP contribution in [-0.4, -0.2) is 165 Å². The van der Waals surface area contributed by atoms with Gasteiger partial charge in [-0.2, -0.15) is 0 Å². The average Bonchev–Trinajstić information content (AvgIpc) is 4.16. The number of likely N-dealkylation sites (N-methyl/N-ethyl adjacent to an activating group) is 1. The number of nitrogens with zero attached hydrogens (tertiary/aromatic N) is 4. The van der Waals surface area contributed by atoms with E-state index in [9.17, 15) is 24.3 Å². The summed E-state index contributed by atoms with van der Waals surface area (Å²) in [4.78, 5) is 80.9. The molecule has 1 aliphatic carbocycles. The number of aromatic nitrogens is 1. The molecule has 70 heavy (non-hydrogen) atoms. The van der Waals surface area contributed by atoms with Gasteiger partial charge >= 0.3 is 23.9 Å². The molecule has 10 atom stereocenters. The van der Waals surface area contributed by atoms with Crippen LogP contribution >= 0.6 is 0 Å². The number of aliphatic hydroxyl groups is 1. The molecule has 16 nitrogen and oxygen atoms in total. The van der Waals surface area contributed by atoms with E-state index in [-0.39, 0.29) is 30.8 Å². The Morgan fingerprint density at radius 2 is 1.73 bits per heavy atom. The van der Waals surface area contributed by atoms with E-state index in [1.807, 2.05) is 55.3 Å². The molecule has 2 aromatic carbocycles. The van der Waals surface area contributed by atoms with Gasteiger partial charge in [0, 0.05) is 90.2 Å². The van der Waals surface area contributed by atoms with Crippen LogP contribution in [0.5, 0.6) is 5.75 Å². The second-order valence-electron chi connectivity index (χ2n) is 21.1. The predicted octanol–water partition coefficient (Wildman–Crippen LogP) is 4.47. The molecule has 374 valence electrons. The van der Waals surface area contributed by atoms with Crippen LogP contribution in [-0.2, 0) is 60.2 Å². The minimum atomic E-state index is -2.34. The Morgan fingerprint density at radius 1 is 0.957 bits per heavy atom. The zero-order chi connectivity index (χ0) is 49.7. The third kappa shape index (κ3) is 6.53. The van der Waals surface area contributed by atoms with Gasteiger partial charge in [-0.25, -0.2) is 9.59 Å². The zero-order valence-corrected chi connectivity index (χ0v) is 41.8. The Morgan fingerprint density at radius 3 is 2.43 bits per heavy atom. The minimum absolute atomic E-state index is 0.0819. The molecule has 1 unspecified atom stereocenters. The number of hydrogen-bond acceptors (Lipinski definition) is 13. The maximum Gasteiger partial charge on any atom is 0.344 e. The van der Waals surface area contributed by atoms with Gasteiger partial charge in [-0.05, 0) is 73.9 Å². The van der Waals surface area contributed by atoms with Gasteiger partial charge in [-0.3, -0.25) is 19.3 Å². The molecule has 7 aliphatic rings. The predicted molar refractivity (Wildman–Crippen MR) is 259 cm³/mol. The van der Waals surface area contributed by atoms with Gasteiger partial charge in [0.2, 0.25) is 5.60 Å². The number of hydrogen-bond donors (Lipinski definition) is 2. The number of carbonyl (C=O) groups excluding carboxylic acids is 5. The van der Waals surface area contributed by atoms with Crippen molar-refractivity contribution in [3.63, 3.8) is 0 Å². The number of ether oxygens (including phenoxy) is 5. The first-order valence-electron chi connectivity index (χ1n) is 25.0. The number of rotatable bonds is 10. The molecule has 2 saturated heterocycles. The van der Waals surface area contributed by atoms with E-state index < -0.39 is 63.9 Å². The molecule has 7 heterocycles. The smallest absolute Gasteiger partial charge is 0.344 e.